The van der Waals surface area contributed by atoms with Crippen LogP contribution < -0.4 is 10.1 Å². The van der Waals surface area contributed by atoms with Crippen LogP contribution in [0.4, 0.5) is 0 Å². The minimum atomic E-state index is -0.865. The van der Waals surface area contributed by atoms with Crippen molar-refractivity contribution < 1.29 is 14.3 Å². The number of thiophene rings is 1. The first-order valence-electron chi connectivity index (χ1n) is 11.9. The number of amides is 2. The summed E-state index contributed by atoms with van der Waals surface area (Å²) in [6, 6.07) is 17.8. The molecule has 0 aliphatic carbocycles. The second-order valence-corrected chi connectivity index (χ2v) is 10.3. The summed E-state index contributed by atoms with van der Waals surface area (Å²) < 4.78 is 7.01. The molecule has 0 bridgehead atoms. The van der Waals surface area contributed by atoms with E-state index in [0.717, 1.165) is 16.8 Å². The van der Waals surface area contributed by atoms with Crippen molar-refractivity contribution in [2.24, 2.45) is 0 Å². The standard InChI is InChI=1S/C27H31N5O3S/c1-5-27(2,3)28-26(34)25(19-10-8-11-20(16-19)35-4)31(17-21-12-9-15-36-21)24(33)18-32-23-14-7-6-13-22(23)29-30-32/h6-16,25H,5,17-18H2,1-4H3,(H,28,34). The first-order valence-corrected chi connectivity index (χ1v) is 12.8. The lowest BCUT2D eigenvalue weighted by Crippen LogP contribution is -2.50. The SMILES string of the molecule is CCC(C)(C)NC(=O)C(c1cccc(OC)c1)N(Cc1cccs1)C(=O)Cn1nnc2ccccc21. The molecule has 0 saturated carbocycles. The molecule has 1 atom stereocenters. The van der Waals surface area contributed by atoms with Crippen LogP contribution in [0.2, 0.25) is 0 Å². The largest absolute Gasteiger partial charge is 0.497 e. The zero-order valence-corrected chi connectivity index (χ0v) is 21.8. The van der Waals surface area contributed by atoms with Crippen LogP contribution in [0, 0.1) is 0 Å². The van der Waals surface area contributed by atoms with E-state index in [1.54, 1.807) is 28.0 Å². The average molecular weight is 506 g/mol. The van der Waals surface area contributed by atoms with E-state index in [1.165, 1.54) is 0 Å². The number of methoxy groups -OCH3 is 1. The Kier molecular flexibility index (Phi) is 7.69. The molecule has 4 aromatic rings. The van der Waals surface area contributed by atoms with Gasteiger partial charge in [-0.25, -0.2) is 4.68 Å². The number of ether oxygens (including phenoxy) is 1. The van der Waals surface area contributed by atoms with E-state index in [0.29, 0.717) is 16.8 Å². The van der Waals surface area contributed by atoms with Gasteiger partial charge in [-0.2, -0.15) is 0 Å². The molecule has 2 aromatic heterocycles. The summed E-state index contributed by atoms with van der Waals surface area (Å²) in [4.78, 5) is 30.3. The van der Waals surface area contributed by atoms with Crippen LogP contribution in [0.25, 0.3) is 11.0 Å². The van der Waals surface area contributed by atoms with Gasteiger partial charge >= 0.3 is 0 Å². The van der Waals surface area contributed by atoms with Crippen LogP contribution >= 0.6 is 11.3 Å². The minimum absolute atomic E-state index is 0.0448. The van der Waals surface area contributed by atoms with Crippen molar-refractivity contribution in [3.63, 3.8) is 0 Å². The highest BCUT2D eigenvalue weighted by Gasteiger charge is 2.34. The molecule has 4 rings (SSSR count). The number of aromatic nitrogens is 3. The molecule has 0 saturated heterocycles. The maximum absolute atomic E-state index is 13.9. The number of nitrogens with zero attached hydrogens (tertiary/aromatic N) is 4. The summed E-state index contributed by atoms with van der Waals surface area (Å²) in [5.41, 5.74) is 1.71. The van der Waals surface area contributed by atoms with Gasteiger partial charge in [0, 0.05) is 10.4 Å². The molecule has 0 aliphatic heterocycles. The van der Waals surface area contributed by atoms with Crippen molar-refractivity contribution in [2.75, 3.05) is 7.11 Å². The van der Waals surface area contributed by atoms with Crippen molar-refractivity contribution >= 4 is 34.2 Å². The van der Waals surface area contributed by atoms with Gasteiger partial charge in [0.25, 0.3) is 0 Å². The average Bonchev–Trinajstić information content (AvgIpc) is 3.54. The topological polar surface area (TPSA) is 89.4 Å². The molecule has 0 radical (unpaired) electrons. The van der Waals surface area contributed by atoms with Crippen LogP contribution in [0.3, 0.4) is 0 Å². The lowest BCUT2D eigenvalue weighted by atomic mass is 9.98. The van der Waals surface area contributed by atoms with E-state index in [4.69, 9.17) is 4.74 Å². The van der Waals surface area contributed by atoms with Crippen LogP contribution in [-0.2, 0) is 22.7 Å². The summed E-state index contributed by atoms with van der Waals surface area (Å²) in [7, 11) is 1.58. The van der Waals surface area contributed by atoms with Gasteiger partial charge in [-0.05, 0) is 61.5 Å². The highest BCUT2D eigenvalue weighted by molar-refractivity contribution is 7.09. The monoisotopic (exact) mass is 505 g/mol. The summed E-state index contributed by atoms with van der Waals surface area (Å²) in [6.07, 6.45) is 0.743. The third kappa shape index (κ3) is 5.73. The predicted molar refractivity (Wildman–Crippen MR) is 141 cm³/mol. The Morgan fingerprint density at radius 1 is 1.14 bits per heavy atom. The maximum atomic E-state index is 13.9. The third-order valence-electron chi connectivity index (χ3n) is 6.25. The number of carbonyl (C=O) groups is 2. The molecule has 188 valence electrons. The first-order chi connectivity index (χ1) is 17.3. The van der Waals surface area contributed by atoms with Gasteiger partial charge in [-0.1, -0.05) is 42.5 Å². The Morgan fingerprint density at radius 3 is 2.67 bits per heavy atom. The molecule has 1 unspecified atom stereocenters. The number of carbonyl (C=O) groups excluding carboxylic acids is 2. The smallest absolute Gasteiger partial charge is 0.247 e. The number of para-hydroxylation sites is 1. The number of benzene rings is 2. The van der Waals surface area contributed by atoms with Crippen LogP contribution in [0.5, 0.6) is 5.75 Å². The zero-order valence-electron chi connectivity index (χ0n) is 21.0. The first kappa shape index (κ1) is 25.4. The van der Waals surface area contributed by atoms with Crippen molar-refractivity contribution in [1.82, 2.24) is 25.2 Å². The molecule has 36 heavy (non-hydrogen) atoms. The summed E-state index contributed by atoms with van der Waals surface area (Å²) in [6.45, 7) is 6.20. The highest BCUT2D eigenvalue weighted by Crippen LogP contribution is 2.29. The number of nitrogens with one attached hydrogen (secondary N) is 1. The fraction of sp³-hybridized carbons (Fsp3) is 0.333. The van der Waals surface area contributed by atoms with Crippen molar-refractivity contribution in [1.29, 1.82) is 0 Å². The molecular formula is C27H31N5O3S. The van der Waals surface area contributed by atoms with Gasteiger partial charge < -0.3 is 15.0 Å². The fourth-order valence-electron chi connectivity index (χ4n) is 3.92. The number of fused-ring (bicyclic) bond motifs is 1. The Bertz CT molecular complexity index is 1330. The Morgan fingerprint density at radius 2 is 1.94 bits per heavy atom. The van der Waals surface area contributed by atoms with Gasteiger partial charge in [0.1, 0.15) is 23.9 Å². The van der Waals surface area contributed by atoms with E-state index in [2.05, 4.69) is 15.6 Å². The summed E-state index contributed by atoms with van der Waals surface area (Å²) in [5.74, 6) is 0.130. The molecule has 2 amide bonds. The number of hydrogen-bond acceptors (Lipinski definition) is 6. The minimum Gasteiger partial charge on any atom is -0.497 e. The summed E-state index contributed by atoms with van der Waals surface area (Å²) >= 11 is 1.54. The molecule has 0 fully saturated rings. The van der Waals surface area contributed by atoms with Crippen molar-refractivity contribution in [3.8, 4) is 5.75 Å². The van der Waals surface area contributed by atoms with Crippen LogP contribution in [0.15, 0.2) is 66.0 Å². The van der Waals surface area contributed by atoms with Crippen molar-refractivity contribution in [3.05, 3.63) is 76.5 Å². The lowest BCUT2D eigenvalue weighted by Gasteiger charge is -2.34. The Hall–Kier alpha value is -3.72. The molecular weight excluding hydrogens is 474 g/mol. The lowest BCUT2D eigenvalue weighted by molar-refractivity contribution is -0.142. The van der Waals surface area contributed by atoms with Crippen LogP contribution in [0.1, 0.15) is 43.7 Å². The molecule has 1 N–H and O–H groups in total. The highest BCUT2D eigenvalue weighted by atomic mass is 32.1. The van der Waals surface area contributed by atoms with Gasteiger partial charge in [0.2, 0.25) is 11.8 Å². The molecule has 0 spiro atoms. The second kappa shape index (κ2) is 10.9. The molecule has 2 aromatic carbocycles. The van der Waals surface area contributed by atoms with E-state index in [-0.39, 0.29) is 24.9 Å². The second-order valence-electron chi connectivity index (χ2n) is 9.24. The van der Waals surface area contributed by atoms with Gasteiger partial charge in [-0.15, -0.1) is 16.4 Å². The van der Waals surface area contributed by atoms with E-state index < -0.39 is 11.6 Å². The Labute approximate surface area is 214 Å². The van der Waals surface area contributed by atoms with E-state index >= 15 is 0 Å². The van der Waals surface area contributed by atoms with E-state index in [9.17, 15) is 9.59 Å². The maximum Gasteiger partial charge on any atom is 0.247 e. The fourth-order valence-corrected chi connectivity index (χ4v) is 4.62. The summed E-state index contributed by atoms with van der Waals surface area (Å²) in [5, 5.41) is 13.5. The molecule has 2 heterocycles. The van der Waals surface area contributed by atoms with Crippen molar-refractivity contribution in [2.45, 2.75) is 51.9 Å². The molecule has 9 heteroatoms. The molecule has 8 nitrogen and oxygen atoms in total. The third-order valence-corrected chi connectivity index (χ3v) is 7.11. The van der Waals surface area contributed by atoms with Crippen LogP contribution in [-0.4, -0.2) is 44.4 Å². The number of hydrogen-bond donors (Lipinski definition) is 1. The predicted octanol–water partition coefficient (Wildman–Crippen LogP) is 4.58. The normalized spacial score (nSPS) is 12.3. The molecule has 0 aliphatic rings. The quantitative estimate of drug-likeness (QED) is 0.341. The Balaban J connectivity index is 1.76. The van der Waals surface area contributed by atoms with Gasteiger partial charge in [-0.3, -0.25) is 9.59 Å². The number of rotatable bonds is 10. The van der Waals surface area contributed by atoms with Gasteiger partial charge in [0.15, 0.2) is 0 Å². The van der Waals surface area contributed by atoms with E-state index in [1.807, 2.05) is 86.8 Å². The van der Waals surface area contributed by atoms with Gasteiger partial charge in [0.05, 0.1) is 19.2 Å². The zero-order chi connectivity index (χ0) is 25.7.